The Bertz CT molecular complexity index is 496. The number of nitrogens with zero attached hydrogens (tertiary/aromatic N) is 3. The van der Waals surface area contributed by atoms with Gasteiger partial charge in [0.25, 0.3) is 0 Å². The fraction of sp³-hybridized carbons (Fsp3) is 0.222. The van der Waals surface area contributed by atoms with Gasteiger partial charge in [0.15, 0.2) is 5.01 Å². The maximum absolute atomic E-state index is 12.3. The van der Waals surface area contributed by atoms with Gasteiger partial charge in [0.1, 0.15) is 6.33 Å². The van der Waals surface area contributed by atoms with Crippen molar-refractivity contribution in [1.82, 2.24) is 15.0 Å². The molecule has 1 atom stereocenters. The molecule has 2 N–H and O–H groups in total. The summed E-state index contributed by atoms with van der Waals surface area (Å²) in [7, 11) is 0. The van der Waals surface area contributed by atoms with Crippen molar-refractivity contribution in [3.8, 4) is 0 Å². The van der Waals surface area contributed by atoms with Crippen molar-refractivity contribution >= 4 is 11.3 Å². The number of halogens is 3. The molecular formula is C9H7F3N4S. The van der Waals surface area contributed by atoms with Crippen LogP contribution >= 0.6 is 11.3 Å². The summed E-state index contributed by atoms with van der Waals surface area (Å²) in [6, 6.07) is 0.837. The van der Waals surface area contributed by atoms with E-state index in [1.54, 1.807) is 6.07 Å². The largest absolute Gasteiger partial charge is 0.443 e. The highest BCUT2D eigenvalue weighted by Gasteiger charge is 2.35. The minimum Gasteiger partial charge on any atom is -0.318 e. The standard InChI is InChI=1S/C9H7F3N4S/c10-9(11,12)8-15-3-6(17-8)7(13)5-1-2-14-4-16-5/h1-4,7H,13H2. The molecule has 1 unspecified atom stereocenters. The van der Waals surface area contributed by atoms with Crippen molar-refractivity contribution in [2.75, 3.05) is 0 Å². The molecule has 2 aromatic rings. The summed E-state index contributed by atoms with van der Waals surface area (Å²) >= 11 is 0.521. The van der Waals surface area contributed by atoms with Gasteiger partial charge < -0.3 is 5.73 Å². The Balaban J connectivity index is 2.27. The molecule has 0 radical (unpaired) electrons. The number of nitrogens with two attached hydrogens (primary N) is 1. The molecule has 2 rings (SSSR count). The van der Waals surface area contributed by atoms with E-state index < -0.39 is 17.2 Å². The lowest BCUT2D eigenvalue weighted by molar-refractivity contribution is -0.137. The Morgan fingerprint density at radius 3 is 2.59 bits per heavy atom. The van der Waals surface area contributed by atoms with Crippen molar-refractivity contribution in [1.29, 1.82) is 0 Å². The van der Waals surface area contributed by atoms with Gasteiger partial charge in [-0.3, -0.25) is 0 Å². The van der Waals surface area contributed by atoms with Gasteiger partial charge in [0, 0.05) is 17.3 Å². The van der Waals surface area contributed by atoms with E-state index >= 15 is 0 Å². The summed E-state index contributed by atoms with van der Waals surface area (Å²) in [6.07, 6.45) is -0.538. The Hall–Kier alpha value is -1.54. The first kappa shape index (κ1) is 11.9. The van der Waals surface area contributed by atoms with Crippen LogP contribution in [0, 0.1) is 0 Å². The first-order valence-corrected chi connectivity index (χ1v) is 5.34. The first-order chi connectivity index (χ1) is 7.98. The average Bonchev–Trinajstić information content (AvgIpc) is 2.78. The first-order valence-electron chi connectivity index (χ1n) is 4.53. The monoisotopic (exact) mass is 260 g/mol. The second-order valence-corrected chi connectivity index (χ2v) is 4.24. The summed E-state index contributed by atoms with van der Waals surface area (Å²) in [5, 5.41) is -0.906. The maximum atomic E-state index is 12.3. The Labute approximate surface area is 98.4 Å². The van der Waals surface area contributed by atoms with E-state index in [-0.39, 0.29) is 0 Å². The van der Waals surface area contributed by atoms with Crippen LogP contribution in [-0.4, -0.2) is 15.0 Å². The Kier molecular flexibility index (Phi) is 3.07. The lowest BCUT2D eigenvalue weighted by Crippen LogP contribution is -2.12. The maximum Gasteiger partial charge on any atom is 0.443 e. The highest BCUT2D eigenvalue weighted by Crippen LogP contribution is 2.34. The van der Waals surface area contributed by atoms with E-state index in [4.69, 9.17) is 5.73 Å². The van der Waals surface area contributed by atoms with Crippen LogP contribution < -0.4 is 5.73 Å². The van der Waals surface area contributed by atoms with Gasteiger partial charge in [-0.2, -0.15) is 13.2 Å². The van der Waals surface area contributed by atoms with Crippen LogP contribution in [0.4, 0.5) is 13.2 Å². The van der Waals surface area contributed by atoms with Crippen molar-refractivity contribution in [3.63, 3.8) is 0 Å². The lowest BCUT2D eigenvalue weighted by atomic mass is 10.2. The van der Waals surface area contributed by atoms with E-state index in [1.165, 1.54) is 12.5 Å². The second kappa shape index (κ2) is 4.38. The molecule has 0 aromatic carbocycles. The molecule has 2 aromatic heterocycles. The average molecular weight is 260 g/mol. The van der Waals surface area contributed by atoms with Gasteiger partial charge in [-0.25, -0.2) is 15.0 Å². The summed E-state index contributed by atoms with van der Waals surface area (Å²) in [5.74, 6) is 0. The number of thiazole rings is 1. The Morgan fingerprint density at radius 2 is 2.06 bits per heavy atom. The van der Waals surface area contributed by atoms with Gasteiger partial charge in [-0.05, 0) is 6.07 Å². The highest BCUT2D eigenvalue weighted by molar-refractivity contribution is 7.11. The van der Waals surface area contributed by atoms with Crippen LogP contribution in [0.1, 0.15) is 21.6 Å². The smallest absolute Gasteiger partial charge is 0.318 e. The molecule has 0 bridgehead atoms. The fourth-order valence-electron chi connectivity index (χ4n) is 1.19. The van der Waals surface area contributed by atoms with Crippen molar-refractivity contribution in [2.24, 2.45) is 5.73 Å². The van der Waals surface area contributed by atoms with Gasteiger partial charge in [0.05, 0.1) is 11.7 Å². The molecule has 0 aliphatic carbocycles. The highest BCUT2D eigenvalue weighted by atomic mass is 32.1. The molecule has 0 aliphatic rings. The number of hydrogen-bond donors (Lipinski definition) is 1. The molecule has 0 amide bonds. The number of aromatic nitrogens is 3. The van der Waals surface area contributed by atoms with Gasteiger partial charge >= 0.3 is 6.18 Å². The van der Waals surface area contributed by atoms with E-state index in [2.05, 4.69) is 15.0 Å². The quantitative estimate of drug-likeness (QED) is 0.897. The zero-order valence-corrected chi connectivity index (χ0v) is 9.16. The predicted octanol–water partition coefficient (Wildman–Crippen LogP) is 2.00. The molecule has 0 saturated carbocycles. The molecule has 0 fully saturated rings. The molecular weight excluding hydrogens is 253 g/mol. The molecule has 0 aliphatic heterocycles. The van der Waals surface area contributed by atoms with E-state index in [1.807, 2.05) is 0 Å². The van der Waals surface area contributed by atoms with Crippen molar-refractivity contribution < 1.29 is 13.2 Å². The summed E-state index contributed by atoms with van der Waals surface area (Å²) < 4.78 is 37.0. The van der Waals surface area contributed by atoms with Gasteiger partial charge in [-0.15, -0.1) is 11.3 Å². The fourth-order valence-corrected chi connectivity index (χ4v) is 1.99. The van der Waals surface area contributed by atoms with Crippen LogP contribution in [0.25, 0.3) is 0 Å². The summed E-state index contributed by atoms with van der Waals surface area (Å²) in [5.41, 5.74) is 6.24. The van der Waals surface area contributed by atoms with Gasteiger partial charge in [-0.1, -0.05) is 0 Å². The molecule has 0 saturated heterocycles. The Morgan fingerprint density at radius 1 is 1.29 bits per heavy atom. The molecule has 90 valence electrons. The molecule has 2 heterocycles. The third-order valence-electron chi connectivity index (χ3n) is 2.00. The molecule has 17 heavy (non-hydrogen) atoms. The zero-order chi connectivity index (χ0) is 12.5. The third-order valence-corrected chi connectivity index (χ3v) is 3.12. The van der Waals surface area contributed by atoms with Crippen molar-refractivity contribution in [3.05, 3.63) is 40.4 Å². The number of alkyl halides is 3. The molecule has 0 spiro atoms. The topological polar surface area (TPSA) is 64.7 Å². The molecule has 8 heteroatoms. The zero-order valence-electron chi connectivity index (χ0n) is 8.35. The summed E-state index contributed by atoms with van der Waals surface area (Å²) in [6.45, 7) is 0. The van der Waals surface area contributed by atoms with Gasteiger partial charge in [0.2, 0.25) is 0 Å². The SMILES string of the molecule is NC(c1ccncn1)c1cnc(C(F)(F)F)s1. The van der Waals surface area contributed by atoms with Crippen LogP contribution in [0.5, 0.6) is 0 Å². The van der Waals surface area contributed by atoms with Crippen LogP contribution in [-0.2, 0) is 6.18 Å². The molecule has 4 nitrogen and oxygen atoms in total. The van der Waals surface area contributed by atoms with E-state index in [9.17, 15) is 13.2 Å². The normalized spacial score (nSPS) is 13.6. The van der Waals surface area contributed by atoms with Crippen LogP contribution in [0.2, 0.25) is 0 Å². The van der Waals surface area contributed by atoms with Crippen molar-refractivity contribution in [2.45, 2.75) is 12.2 Å². The van der Waals surface area contributed by atoms with E-state index in [0.717, 1.165) is 6.20 Å². The minimum absolute atomic E-state index is 0.316. The van der Waals surface area contributed by atoms with E-state index in [0.29, 0.717) is 21.9 Å². The second-order valence-electron chi connectivity index (χ2n) is 3.18. The summed E-state index contributed by atoms with van der Waals surface area (Å²) in [4.78, 5) is 11.2. The third kappa shape index (κ3) is 2.59. The minimum atomic E-state index is -4.44. The van der Waals surface area contributed by atoms with Crippen LogP contribution in [0.15, 0.2) is 24.8 Å². The number of hydrogen-bond acceptors (Lipinski definition) is 5. The van der Waals surface area contributed by atoms with Crippen LogP contribution in [0.3, 0.4) is 0 Å². The lowest BCUT2D eigenvalue weighted by Gasteiger charge is -2.07. The number of rotatable bonds is 2. The predicted molar refractivity (Wildman–Crippen MR) is 55.2 cm³/mol.